The molecule has 1 aromatic rings. The Morgan fingerprint density at radius 2 is 2.26 bits per heavy atom. The lowest BCUT2D eigenvalue weighted by atomic mass is 10.2. The summed E-state index contributed by atoms with van der Waals surface area (Å²) in [5.74, 6) is -0.615. The largest absolute Gasteiger partial charge is 0.478 e. The minimum absolute atomic E-state index is 0.103. The van der Waals surface area contributed by atoms with E-state index in [1.807, 2.05) is 6.07 Å². The molecule has 0 bridgehead atoms. The molecule has 104 valence electrons. The number of hydrogen-bond acceptors (Lipinski definition) is 3. The molecule has 2 rings (SSSR count). The van der Waals surface area contributed by atoms with Crippen LogP contribution in [0, 0.1) is 5.82 Å². The van der Waals surface area contributed by atoms with Crippen LogP contribution in [0.2, 0.25) is 0 Å². The summed E-state index contributed by atoms with van der Waals surface area (Å²) in [6.45, 7) is 2.24. The molecule has 1 unspecified atom stereocenters. The SMILES string of the molecule is CNC(=O)C(C)Oc1ccc(CNC2CC2)cc1F. The van der Waals surface area contributed by atoms with Gasteiger partial charge in [-0.05, 0) is 37.5 Å². The normalized spacial score (nSPS) is 15.9. The van der Waals surface area contributed by atoms with Gasteiger partial charge in [0.25, 0.3) is 5.91 Å². The summed E-state index contributed by atoms with van der Waals surface area (Å²) in [6, 6.07) is 5.41. The van der Waals surface area contributed by atoms with Crippen molar-refractivity contribution in [1.82, 2.24) is 10.6 Å². The molecule has 0 aliphatic heterocycles. The number of halogens is 1. The van der Waals surface area contributed by atoms with Crippen molar-refractivity contribution in [2.45, 2.75) is 38.5 Å². The third kappa shape index (κ3) is 3.92. The van der Waals surface area contributed by atoms with E-state index in [0.717, 1.165) is 5.56 Å². The molecule has 1 aliphatic rings. The first kappa shape index (κ1) is 13.8. The number of likely N-dealkylation sites (N-methyl/N-ethyl adjacent to an activating group) is 1. The summed E-state index contributed by atoms with van der Waals surface area (Å²) in [6.07, 6.45) is 1.69. The van der Waals surface area contributed by atoms with Crippen LogP contribution in [0.15, 0.2) is 18.2 Å². The van der Waals surface area contributed by atoms with Gasteiger partial charge in [-0.2, -0.15) is 0 Å². The van der Waals surface area contributed by atoms with Gasteiger partial charge in [-0.1, -0.05) is 6.07 Å². The van der Waals surface area contributed by atoms with Crippen LogP contribution >= 0.6 is 0 Å². The zero-order chi connectivity index (χ0) is 13.8. The fourth-order valence-corrected chi connectivity index (χ4v) is 1.75. The Kier molecular flexibility index (Phi) is 4.37. The lowest BCUT2D eigenvalue weighted by molar-refractivity contribution is -0.126. The van der Waals surface area contributed by atoms with Crippen LogP contribution in [0.4, 0.5) is 4.39 Å². The second-order valence-corrected chi connectivity index (χ2v) is 4.79. The standard InChI is InChI=1S/C14H19FN2O2/c1-9(14(18)16-2)19-13-6-3-10(7-12(13)15)8-17-11-4-5-11/h3,6-7,9,11,17H,4-5,8H2,1-2H3,(H,16,18). The zero-order valence-electron chi connectivity index (χ0n) is 11.2. The van der Waals surface area contributed by atoms with Gasteiger partial charge in [-0.3, -0.25) is 4.79 Å². The highest BCUT2D eigenvalue weighted by Crippen LogP contribution is 2.22. The summed E-state index contributed by atoms with van der Waals surface area (Å²) in [4.78, 5) is 11.3. The molecule has 5 heteroatoms. The number of carbonyl (C=O) groups is 1. The Hall–Kier alpha value is -1.62. The summed E-state index contributed by atoms with van der Waals surface area (Å²) in [7, 11) is 1.52. The monoisotopic (exact) mass is 266 g/mol. The molecule has 0 heterocycles. The molecule has 1 saturated carbocycles. The van der Waals surface area contributed by atoms with E-state index in [4.69, 9.17) is 4.74 Å². The third-order valence-corrected chi connectivity index (χ3v) is 3.09. The number of ether oxygens (including phenoxy) is 1. The highest BCUT2D eigenvalue weighted by atomic mass is 19.1. The van der Waals surface area contributed by atoms with Crippen LogP contribution in [-0.4, -0.2) is 25.1 Å². The van der Waals surface area contributed by atoms with Gasteiger partial charge in [-0.25, -0.2) is 4.39 Å². The first-order valence-electron chi connectivity index (χ1n) is 6.50. The number of hydrogen-bond donors (Lipinski definition) is 2. The molecule has 19 heavy (non-hydrogen) atoms. The van der Waals surface area contributed by atoms with Crippen molar-refractivity contribution < 1.29 is 13.9 Å². The van der Waals surface area contributed by atoms with Gasteiger partial charge in [0.15, 0.2) is 17.7 Å². The van der Waals surface area contributed by atoms with Gasteiger partial charge in [0, 0.05) is 19.6 Å². The second kappa shape index (κ2) is 6.02. The lowest BCUT2D eigenvalue weighted by Crippen LogP contribution is -2.33. The zero-order valence-corrected chi connectivity index (χ0v) is 11.2. The molecule has 1 aromatic carbocycles. The molecule has 2 N–H and O–H groups in total. The van der Waals surface area contributed by atoms with Crippen molar-refractivity contribution in [3.05, 3.63) is 29.6 Å². The average Bonchev–Trinajstić information content (AvgIpc) is 3.22. The number of nitrogens with one attached hydrogen (secondary N) is 2. The Bertz CT molecular complexity index is 461. The van der Waals surface area contributed by atoms with E-state index in [0.29, 0.717) is 12.6 Å². The van der Waals surface area contributed by atoms with Crippen molar-refractivity contribution in [1.29, 1.82) is 0 Å². The number of carbonyl (C=O) groups excluding carboxylic acids is 1. The Balaban J connectivity index is 1.95. The smallest absolute Gasteiger partial charge is 0.260 e. The summed E-state index contributed by atoms with van der Waals surface area (Å²) >= 11 is 0. The predicted molar refractivity (Wildman–Crippen MR) is 70.4 cm³/mol. The van der Waals surface area contributed by atoms with Crippen LogP contribution in [0.25, 0.3) is 0 Å². The minimum Gasteiger partial charge on any atom is -0.478 e. The van der Waals surface area contributed by atoms with Gasteiger partial charge in [-0.15, -0.1) is 0 Å². The second-order valence-electron chi connectivity index (χ2n) is 4.79. The average molecular weight is 266 g/mol. The molecule has 1 fully saturated rings. The van der Waals surface area contributed by atoms with Gasteiger partial charge in [0.05, 0.1) is 0 Å². The van der Waals surface area contributed by atoms with Crippen LogP contribution in [0.1, 0.15) is 25.3 Å². The van der Waals surface area contributed by atoms with E-state index in [9.17, 15) is 9.18 Å². The van der Waals surface area contributed by atoms with Gasteiger partial charge in [0.1, 0.15) is 0 Å². The van der Waals surface area contributed by atoms with E-state index in [-0.39, 0.29) is 11.7 Å². The maximum atomic E-state index is 13.8. The van der Waals surface area contributed by atoms with Gasteiger partial charge < -0.3 is 15.4 Å². The number of amides is 1. The summed E-state index contributed by atoms with van der Waals surface area (Å²) < 4.78 is 19.1. The van der Waals surface area contributed by atoms with E-state index >= 15 is 0 Å². The highest BCUT2D eigenvalue weighted by molar-refractivity contribution is 5.80. The Morgan fingerprint density at radius 3 is 2.84 bits per heavy atom. The van der Waals surface area contributed by atoms with Crippen molar-refractivity contribution in [3.8, 4) is 5.75 Å². The molecule has 1 atom stereocenters. The maximum Gasteiger partial charge on any atom is 0.260 e. The van der Waals surface area contributed by atoms with Gasteiger partial charge >= 0.3 is 0 Å². The molecule has 0 aromatic heterocycles. The first-order valence-corrected chi connectivity index (χ1v) is 6.50. The molecule has 0 radical (unpaired) electrons. The molecule has 0 saturated heterocycles. The number of rotatable bonds is 6. The third-order valence-electron chi connectivity index (χ3n) is 3.09. The first-order chi connectivity index (χ1) is 9.10. The van der Waals surface area contributed by atoms with E-state index in [2.05, 4.69) is 10.6 Å². The fourth-order valence-electron chi connectivity index (χ4n) is 1.75. The molecule has 1 aliphatic carbocycles. The molecular formula is C14H19FN2O2. The highest BCUT2D eigenvalue weighted by Gasteiger charge is 2.20. The summed E-state index contributed by atoms with van der Waals surface area (Å²) in [5, 5.41) is 5.78. The van der Waals surface area contributed by atoms with Crippen molar-refractivity contribution in [3.63, 3.8) is 0 Å². The van der Waals surface area contributed by atoms with Crippen molar-refractivity contribution in [2.24, 2.45) is 0 Å². The predicted octanol–water partition coefficient (Wildman–Crippen LogP) is 1.59. The summed E-state index contributed by atoms with van der Waals surface area (Å²) in [5.41, 5.74) is 0.879. The molecule has 0 spiro atoms. The fraction of sp³-hybridized carbons (Fsp3) is 0.500. The maximum absolute atomic E-state index is 13.8. The van der Waals surface area contributed by atoms with Crippen LogP contribution in [0.5, 0.6) is 5.75 Å². The van der Waals surface area contributed by atoms with Crippen LogP contribution in [-0.2, 0) is 11.3 Å². The molecular weight excluding hydrogens is 247 g/mol. The van der Waals surface area contributed by atoms with Gasteiger partial charge in [0.2, 0.25) is 0 Å². The van der Waals surface area contributed by atoms with Crippen molar-refractivity contribution >= 4 is 5.91 Å². The van der Waals surface area contributed by atoms with Crippen LogP contribution < -0.4 is 15.4 Å². The Labute approximate surface area is 112 Å². The van der Waals surface area contributed by atoms with Crippen LogP contribution in [0.3, 0.4) is 0 Å². The van der Waals surface area contributed by atoms with E-state index < -0.39 is 11.9 Å². The quantitative estimate of drug-likeness (QED) is 0.822. The molecule has 1 amide bonds. The van der Waals surface area contributed by atoms with E-state index in [1.165, 1.54) is 26.0 Å². The minimum atomic E-state index is -0.713. The molecule has 4 nitrogen and oxygen atoms in total. The van der Waals surface area contributed by atoms with E-state index in [1.54, 1.807) is 13.0 Å². The Morgan fingerprint density at radius 1 is 1.53 bits per heavy atom. The lowest BCUT2D eigenvalue weighted by Gasteiger charge is -2.14. The topological polar surface area (TPSA) is 50.4 Å². The number of benzene rings is 1. The van der Waals surface area contributed by atoms with Crippen molar-refractivity contribution in [2.75, 3.05) is 7.05 Å².